The van der Waals surface area contributed by atoms with Gasteiger partial charge in [0, 0.05) is 11.8 Å². The molecule has 0 saturated carbocycles. The first-order valence-corrected chi connectivity index (χ1v) is 12.6. The van der Waals surface area contributed by atoms with Gasteiger partial charge in [0.1, 0.15) is 0 Å². The largest absolute Gasteiger partial charge is 0.489 e. The van der Waals surface area contributed by atoms with Crippen molar-refractivity contribution in [1.82, 2.24) is 0 Å². The average Bonchev–Trinajstić information content (AvgIpc) is 3.44. The molecule has 0 N–H and O–H groups in total. The fourth-order valence-electron chi connectivity index (χ4n) is 5.91. The highest BCUT2D eigenvalue weighted by molar-refractivity contribution is 5.79. The Hall–Kier alpha value is -4.30. The molecule has 0 bridgehead atoms. The zero-order chi connectivity index (χ0) is 23.9. The van der Waals surface area contributed by atoms with Crippen molar-refractivity contribution in [3.63, 3.8) is 0 Å². The minimum atomic E-state index is 0.207. The van der Waals surface area contributed by atoms with Crippen LogP contribution in [0.4, 0.5) is 0 Å². The van der Waals surface area contributed by atoms with E-state index in [4.69, 9.17) is 9.47 Å². The molecule has 0 amide bonds. The molecular weight excluding hydrogens is 440 g/mol. The Labute approximate surface area is 211 Å². The van der Waals surface area contributed by atoms with Gasteiger partial charge in [0.05, 0.1) is 13.2 Å². The van der Waals surface area contributed by atoms with E-state index >= 15 is 0 Å². The van der Waals surface area contributed by atoms with Crippen molar-refractivity contribution in [2.45, 2.75) is 11.8 Å². The monoisotopic (exact) mass is 466 g/mol. The summed E-state index contributed by atoms with van der Waals surface area (Å²) >= 11 is 0. The predicted molar refractivity (Wildman–Crippen MR) is 145 cm³/mol. The van der Waals surface area contributed by atoms with E-state index < -0.39 is 0 Å². The van der Waals surface area contributed by atoms with E-state index in [2.05, 4.69) is 97.1 Å². The van der Waals surface area contributed by atoms with Gasteiger partial charge in [-0.15, -0.1) is 0 Å². The second-order valence-corrected chi connectivity index (χ2v) is 9.52. The normalized spacial score (nSPS) is 13.6. The summed E-state index contributed by atoms with van der Waals surface area (Å²) in [6.45, 7) is 1.15. The Morgan fingerprint density at radius 1 is 0.361 bits per heavy atom. The van der Waals surface area contributed by atoms with Crippen LogP contribution in [-0.2, 0) is 0 Å². The summed E-state index contributed by atoms with van der Waals surface area (Å²) in [5.74, 6) is 2.00. The van der Waals surface area contributed by atoms with Crippen molar-refractivity contribution >= 4 is 0 Å². The van der Waals surface area contributed by atoms with Crippen LogP contribution >= 0.6 is 0 Å². The zero-order valence-corrected chi connectivity index (χ0v) is 19.9. The summed E-state index contributed by atoms with van der Waals surface area (Å²) < 4.78 is 12.9. The van der Waals surface area contributed by atoms with Gasteiger partial charge in [-0.2, -0.15) is 0 Å². The van der Waals surface area contributed by atoms with Gasteiger partial charge in [-0.1, -0.05) is 109 Å². The van der Waals surface area contributed by atoms with Crippen LogP contribution in [0.2, 0.25) is 0 Å². The van der Waals surface area contributed by atoms with Gasteiger partial charge in [0.25, 0.3) is 0 Å². The Morgan fingerprint density at radius 3 is 0.972 bits per heavy atom. The van der Waals surface area contributed by atoms with Crippen molar-refractivity contribution in [3.8, 4) is 33.8 Å². The number of rotatable bonds is 6. The molecule has 0 atom stereocenters. The Balaban J connectivity index is 1.13. The summed E-state index contributed by atoms with van der Waals surface area (Å²) in [6.07, 6.45) is 0. The first-order valence-electron chi connectivity index (χ1n) is 12.6. The van der Waals surface area contributed by atoms with E-state index in [9.17, 15) is 0 Å². The molecular formula is C34H26O2. The molecule has 0 unspecified atom stereocenters. The van der Waals surface area contributed by atoms with Gasteiger partial charge < -0.3 is 9.47 Å². The Kier molecular flexibility index (Phi) is 5.10. The van der Waals surface area contributed by atoms with E-state index in [-0.39, 0.29) is 11.8 Å². The first kappa shape index (κ1) is 21.0. The highest BCUT2D eigenvalue weighted by atomic mass is 16.5. The van der Waals surface area contributed by atoms with Gasteiger partial charge in [-0.25, -0.2) is 0 Å². The maximum Gasteiger partial charge on any atom is 0.161 e. The van der Waals surface area contributed by atoms with Crippen LogP contribution in [0.5, 0.6) is 11.5 Å². The second kappa shape index (κ2) is 8.73. The molecule has 36 heavy (non-hydrogen) atoms. The smallest absolute Gasteiger partial charge is 0.161 e. The molecule has 174 valence electrons. The SMILES string of the molecule is c1ccc(OCC2c3ccccc3-c3ccccc32)c(OCC2c3ccccc3-c3ccccc32)c1. The molecule has 2 nitrogen and oxygen atoms in total. The predicted octanol–water partition coefficient (Wildman–Crippen LogP) is 8.07. The van der Waals surface area contributed by atoms with Crippen LogP contribution in [0.1, 0.15) is 34.1 Å². The lowest BCUT2D eigenvalue weighted by atomic mass is 9.98. The molecule has 2 aliphatic carbocycles. The van der Waals surface area contributed by atoms with Crippen LogP contribution in [0.3, 0.4) is 0 Å². The molecule has 5 aromatic carbocycles. The van der Waals surface area contributed by atoms with Crippen molar-refractivity contribution in [3.05, 3.63) is 144 Å². The molecule has 2 aliphatic rings. The third kappa shape index (κ3) is 3.41. The van der Waals surface area contributed by atoms with E-state index in [0.717, 1.165) is 11.5 Å². The first-order chi connectivity index (χ1) is 17.9. The fraction of sp³-hybridized carbons (Fsp3) is 0.118. The van der Waals surface area contributed by atoms with Gasteiger partial charge in [0.15, 0.2) is 11.5 Å². The number of fused-ring (bicyclic) bond motifs is 6. The zero-order valence-electron chi connectivity index (χ0n) is 19.9. The van der Waals surface area contributed by atoms with Gasteiger partial charge in [0.2, 0.25) is 0 Å². The maximum absolute atomic E-state index is 6.46. The minimum absolute atomic E-state index is 0.207. The van der Waals surface area contributed by atoms with Crippen LogP contribution in [0.15, 0.2) is 121 Å². The highest BCUT2D eigenvalue weighted by Gasteiger charge is 2.30. The molecule has 0 fully saturated rings. The maximum atomic E-state index is 6.46. The number of hydrogen-bond donors (Lipinski definition) is 0. The van der Waals surface area contributed by atoms with Crippen LogP contribution < -0.4 is 9.47 Å². The molecule has 5 aromatic rings. The van der Waals surface area contributed by atoms with Crippen molar-refractivity contribution < 1.29 is 9.47 Å². The van der Waals surface area contributed by atoms with E-state index in [1.165, 1.54) is 44.5 Å². The van der Waals surface area contributed by atoms with Crippen LogP contribution in [0, 0.1) is 0 Å². The Morgan fingerprint density at radius 2 is 0.639 bits per heavy atom. The summed E-state index contributed by atoms with van der Waals surface area (Å²) in [6, 6.07) is 42.7. The lowest BCUT2D eigenvalue weighted by Gasteiger charge is -2.19. The van der Waals surface area contributed by atoms with Crippen LogP contribution in [0.25, 0.3) is 22.3 Å². The lowest BCUT2D eigenvalue weighted by Crippen LogP contribution is -2.12. The quantitative estimate of drug-likeness (QED) is 0.252. The van der Waals surface area contributed by atoms with Crippen LogP contribution in [-0.4, -0.2) is 13.2 Å². The Bertz CT molecular complexity index is 1360. The van der Waals surface area contributed by atoms with Crippen molar-refractivity contribution in [2.24, 2.45) is 0 Å². The lowest BCUT2D eigenvalue weighted by molar-refractivity contribution is 0.258. The molecule has 7 rings (SSSR count). The average molecular weight is 467 g/mol. The minimum Gasteiger partial charge on any atom is -0.489 e. The van der Waals surface area contributed by atoms with E-state index in [0.29, 0.717) is 13.2 Å². The van der Waals surface area contributed by atoms with Gasteiger partial charge in [-0.05, 0) is 56.6 Å². The molecule has 0 aromatic heterocycles. The number of ether oxygens (including phenoxy) is 2. The second-order valence-electron chi connectivity index (χ2n) is 9.52. The fourth-order valence-corrected chi connectivity index (χ4v) is 5.91. The highest BCUT2D eigenvalue weighted by Crippen LogP contribution is 2.46. The van der Waals surface area contributed by atoms with Gasteiger partial charge in [-0.3, -0.25) is 0 Å². The topological polar surface area (TPSA) is 18.5 Å². The van der Waals surface area contributed by atoms with Crippen molar-refractivity contribution in [1.29, 1.82) is 0 Å². The molecule has 2 heteroatoms. The standard InChI is InChI=1S/C34H26O2/c1-5-15-27-23(11-1)24-12-2-6-16-28(24)31(27)21-35-33-19-9-10-20-34(33)36-22-32-29-17-7-3-13-25(29)26-14-4-8-18-30(26)32/h1-20,31-32H,21-22H2. The van der Waals surface area contributed by atoms with E-state index in [1.54, 1.807) is 0 Å². The third-order valence-electron chi connectivity index (χ3n) is 7.59. The van der Waals surface area contributed by atoms with E-state index in [1.807, 2.05) is 24.3 Å². The van der Waals surface area contributed by atoms with Crippen molar-refractivity contribution in [2.75, 3.05) is 13.2 Å². The molecule has 0 radical (unpaired) electrons. The molecule has 0 aliphatic heterocycles. The molecule has 0 saturated heterocycles. The molecule has 0 spiro atoms. The third-order valence-corrected chi connectivity index (χ3v) is 7.59. The summed E-state index contributed by atoms with van der Waals surface area (Å²) in [5, 5.41) is 0. The summed E-state index contributed by atoms with van der Waals surface area (Å²) in [5.41, 5.74) is 10.6. The number of benzene rings is 5. The summed E-state index contributed by atoms with van der Waals surface area (Å²) in [4.78, 5) is 0. The number of para-hydroxylation sites is 2. The van der Waals surface area contributed by atoms with Gasteiger partial charge >= 0.3 is 0 Å². The molecule has 0 heterocycles. The summed E-state index contributed by atoms with van der Waals surface area (Å²) in [7, 11) is 0. The number of hydrogen-bond acceptors (Lipinski definition) is 2.